The SMILES string of the molecule is COc1cc(C2(CN3CCOCC3)CCN(C(=O)Cn3nc(C(F)(F)F)c(Cl)c3C)CC2)ccc1Cl. The molecular formula is C24H29Cl2F3N4O3. The van der Waals surface area contributed by atoms with Crippen LogP contribution in [0.5, 0.6) is 5.75 Å². The molecule has 0 spiro atoms. The number of alkyl halides is 3. The Bertz CT molecular complexity index is 1100. The van der Waals surface area contributed by atoms with Crippen LogP contribution in [-0.2, 0) is 27.7 Å². The molecule has 0 saturated carbocycles. The lowest BCUT2D eigenvalue weighted by molar-refractivity contribution is -0.142. The van der Waals surface area contributed by atoms with E-state index in [0.29, 0.717) is 49.9 Å². The maximum atomic E-state index is 13.2. The normalized spacial score (nSPS) is 18.9. The molecule has 1 aromatic carbocycles. The van der Waals surface area contributed by atoms with Crippen molar-refractivity contribution in [2.45, 2.75) is 37.9 Å². The molecule has 36 heavy (non-hydrogen) atoms. The summed E-state index contributed by atoms with van der Waals surface area (Å²) in [6.45, 7) is 5.87. The first-order valence-corrected chi connectivity index (χ1v) is 12.5. The summed E-state index contributed by atoms with van der Waals surface area (Å²) in [7, 11) is 1.58. The van der Waals surface area contributed by atoms with Crippen molar-refractivity contribution in [3.63, 3.8) is 0 Å². The highest BCUT2D eigenvalue weighted by molar-refractivity contribution is 6.32. The number of rotatable bonds is 6. The Kier molecular flexibility index (Phi) is 8.09. The number of carbonyl (C=O) groups is 1. The van der Waals surface area contributed by atoms with Gasteiger partial charge in [-0.15, -0.1) is 0 Å². The van der Waals surface area contributed by atoms with Gasteiger partial charge in [0.05, 0.1) is 36.1 Å². The lowest BCUT2D eigenvalue weighted by Gasteiger charge is -2.45. The maximum Gasteiger partial charge on any atom is 0.436 e. The first kappa shape index (κ1) is 27.0. The van der Waals surface area contributed by atoms with Crippen LogP contribution in [0.2, 0.25) is 10.0 Å². The Morgan fingerprint density at radius 3 is 2.42 bits per heavy atom. The number of halogens is 5. The van der Waals surface area contributed by atoms with Crippen molar-refractivity contribution in [3.8, 4) is 5.75 Å². The summed E-state index contributed by atoms with van der Waals surface area (Å²) in [5.74, 6) is 0.306. The summed E-state index contributed by atoms with van der Waals surface area (Å²) >= 11 is 12.1. The van der Waals surface area contributed by atoms with Crippen LogP contribution < -0.4 is 4.74 Å². The van der Waals surface area contributed by atoms with Gasteiger partial charge in [-0.05, 0) is 37.5 Å². The Morgan fingerprint density at radius 2 is 1.83 bits per heavy atom. The molecule has 0 aliphatic carbocycles. The van der Waals surface area contributed by atoms with Crippen LogP contribution >= 0.6 is 23.2 Å². The molecule has 0 bridgehead atoms. The third-order valence-corrected chi connectivity index (χ3v) is 7.92. The molecule has 0 radical (unpaired) electrons. The minimum Gasteiger partial charge on any atom is -0.495 e. The summed E-state index contributed by atoms with van der Waals surface area (Å²) in [6, 6.07) is 5.81. The topological polar surface area (TPSA) is 59.8 Å². The average Bonchev–Trinajstić information content (AvgIpc) is 3.14. The fourth-order valence-electron chi connectivity index (χ4n) is 4.99. The van der Waals surface area contributed by atoms with Gasteiger partial charge in [-0.25, -0.2) is 0 Å². The molecule has 7 nitrogen and oxygen atoms in total. The molecule has 198 valence electrons. The number of likely N-dealkylation sites (tertiary alicyclic amines) is 1. The monoisotopic (exact) mass is 548 g/mol. The number of nitrogens with zero attached hydrogens (tertiary/aromatic N) is 4. The minimum atomic E-state index is -4.68. The summed E-state index contributed by atoms with van der Waals surface area (Å²) in [5.41, 5.74) is -0.203. The molecule has 0 unspecified atom stereocenters. The van der Waals surface area contributed by atoms with Crippen LogP contribution in [0.25, 0.3) is 0 Å². The number of piperidine rings is 1. The number of carbonyl (C=O) groups excluding carboxylic acids is 1. The lowest BCUT2D eigenvalue weighted by atomic mass is 9.72. The Labute approximate surface area is 218 Å². The number of aromatic nitrogens is 2. The standard InChI is InChI=1S/C24H29Cl2F3N4O3/c1-16-21(26)22(24(27,28)29)30-33(16)14-20(34)32-7-5-23(6-8-32,15-31-9-11-36-12-10-31)17-3-4-18(25)19(13-17)35-2/h3-4,13H,5-12,14-15H2,1-2H3. The molecule has 12 heteroatoms. The van der Waals surface area contributed by atoms with Gasteiger partial charge in [0.1, 0.15) is 12.3 Å². The molecule has 0 N–H and O–H groups in total. The number of ether oxygens (including phenoxy) is 2. The predicted molar refractivity (Wildman–Crippen MR) is 130 cm³/mol. The molecule has 1 aromatic heterocycles. The van der Waals surface area contributed by atoms with Crippen molar-refractivity contribution < 1.29 is 27.4 Å². The van der Waals surface area contributed by atoms with E-state index in [1.165, 1.54) is 6.92 Å². The van der Waals surface area contributed by atoms with Crippen molar-refractivity contribution >= 4 is 29.1 Å². The molecule has 2 saturated heterocycles. The Morgan fingerprint density at radius 1 is 1.17 bits per heavy atom. The lowest BCUT2D eigenvalue weighted by Crippen LogP contribution is -2.52. The molecule has 2 aliphatic heterocycles. The zero-order valence-corrected chi connectivity index (χ0v) is 21.7. The zero-order valence-electron chi connectivity index (χ0n) is 20.2. The smallest absolute Gasteiger partial charge is 0.436 e. The van der Waals surface area contributed by atoms with Crippen LogP contribution in [-0.4, -0.2) is 78.5 Å². The second-order valence-corrected chi connectivity index (χ2v) is 10.1. The Balaban J connectivity index is 1.51. The third kappa shape index (κ3) is 5.61. The van der Waals surface area contributed by atoms with E-state index in [-0.39, 0.29) is 23.6 Å². The average molecular weight is 549 g/mol. The second kappa shape index (κ2) is 10.8. The number of morpholine rings is 1. The van der Waals surface area contributed by atoms with Crippen LogP contribution in [0.1, 0.15) is 29.8 Å². The highest BCUT2D eigenvalue weighted by Gasteiger charge is 2.41. The van der Waals surface area contributed by atoms with Crippen LogP contribution in [0.3, 0.4) is 0 Å². The van der Waals surface area contributed by atoms with E-state index in [9.17, 15) is 18.0 Å². The summed E-state index contributed by atoms with van der Waals surface area (Å²) in [6.07, 6.45) is -3.30. The van der Waals surface area contributed by atoms with Crippen LogP contribution in [0, 0.1) is 6.92 Å². The van der Waals surface area contributed by atoms with E-state index < -0.39 is 16.9 Å². The van der Waals surface area contributed by atoms with Crippen molar-refractivity contribution in [3.05, 3.63) is 45.2 Å². The van der Waals surface area contributed by atoms with Crippen molar-refractivity contribution in [1.29, 1.82) is 0 Å². The molecule has 0 atom stereocenters. The maximum absolute atomic E-state index is 13.2. The quantitative estimate of drug-likeness (QED) is 0.534. The van der Waals surface area contributed by atoms with E-state index in [1.807, 2.05) is 18.2 Å². The fraction of sp³-hybridized carbons (Fsp3) is 0.583. The molecule has 2 fully saturated rings. The third-order valence-electron chi connectivity index (χ3n) is 7.15. The number of benzene rings is 1. The largest absolute Gasteiger partial charge is 0.495 e. The fourth-order valence-corrected chi connectivity index (χ4v) is 5.42. The summed E-state index contributed by atoms with van der Waals surface area (Å²) in [4.78, 5) is 17.1. The first-order chi connectivity index (χ1) is 17.0. The molecule has 1 amide bonds. The van der Waals surface area contributed by atoms with E-state index in [2.05, 4.69) is 10.00 Å². The molecular weight excluding hydrogens is 520 g/mol. The van der Waals surface area contributed by atoms with Gasteiger partial charge in [0.25, 0.3) is 0 Å². The van der Waals surface area contributed by atoms with Crippen molar-refractivity contribution in [1.82, 2.24) is 19.6 Å². The van der Waals surface area contributed by atoms with Crippen molar-refractivity contribution in [2.24, 2.45) is 0 Å². The number of methoxy groups -OCH3 is 1. The van der Waals surface area contributed by atoms with E-state index in [4.69, 9.17) is 32.7 Å². The zero-order chi connectivity index (χ0) is 26.1. The van der Waals surface area contributed by atoms with Crippen LogP contribution in [0.15, 0.2) is 18.2 Å². The van der Waals surface area contributed by atoms with E-state index in [0.717, 1.165) is 29.9 Å². The second-order valence-electron chi connectivity index (χ2n) is 9.30. The van der Waals surface area contributed by atoms with Gasteiger partial charge in [0.15, 0.2) is 5.69 Å². The number of hydrogen-bond acceptors (Lipinski definition) is 5. The van der Waals surface area contributed by atoms with Gasteiger partial charge in [-0.3, -0.25) is 14.4 Å². The molecule has 2 aliphatic rings. The molecule has 3 heterocycles. The van der Waals surface area contributed by atoms with E-state index in [1.54, 1.807) is 12.0 Å². The number of hydrogen-bond donors (Lipinski definition) is 0. The highest BCUT2D eigenvalue weighted by atomic mass is 35.5. The molecule has 2 aromatic rings. The van der Waals surface area contributed by atoms with Gasteiger partial charge in [-0.2, -0.15) is 18.3 Å². The first-order valence-electron chi connectivity index (χ1n) is 11.8. The minimum absolute atomic E-state index is 0.115. The van der Waals surface area contributed by atoms with Gasteiger partial charge in [0.2, 0.25) is 5.91 Å². The van der Waals surface area contributed by atoms with Crippen LogP contribution in [0.4, 0.5) is 13.2 Å². The molecule has 4 rings (SSSR count). The highest BCUT2D eigenvalue weighted by Crippen LogP contribution is 2.40. The summed E-state index contributed by atoms with van der Waals surface area (Å²) < 4.78 is 51.5. The van der Waals surface area contributed by atoms with E-state index >= 15 is 0 Å². The number of amides is 1. The van der Waals surface area contributed by atoms with Crippen molar-refractivity contribution in [2.75, 3.05) is 53.0 Å². The van der Waals surface area contributed by atoms with Gasteiger partial charge in [0, 0.05) is 38.1 Å². The van der Waals surface area contributed by atoms with Gasteiger partial charge in [-0.1, -0.05) is 29.3 Å². The Hall–Kier alpha value is -2.01. The van der Waals surface area contributed by atoms with Gasteiger partial charge < -0.3 is 14.4 Å². The predicted octanol–water partition coefficient (Wildman–Crippen LogP) is 4.42. The van der Waals surface area contributed by atoms with Gasteiger partial charge >= 0.3 is 6.18 Å². The summed E-state index contributed by atoms with van der Waals surface area (Å²) in [5, 5.41) is 3.62.